The Morgan fingerprint density at radius 3 is 2.75 bits per heavy atom. The Morgan fingerprint density at radius 2 is 2.17 bits per heavy atom. The summed E-state index contributed by atoms with van der Waals surface area (Å²) in [6.07, 6.45) is 6.84. The molecule has 1 saturated carbocycles. The van der Waals surface area contributed by atoms with Crippen LogP contribution >= 0.6 is 0 Å². The Kier molecular flexibility index (Phi) is 3.01. The summed E-state index contributed by atoms with van der Waals surface area (Å²) in [5.74, 6) is 0.845. The average molecular weight is 169 g/mol. The second-order valence-electron chi connectivity index (χ2n) is 4.10. The van der Waals surface area contributed by atoms with Gasteiger partial charge in [0.1, 0.15) is 0 Å². The van der Waals surface area contributed by atoms with Gasteiger partial charge >= 0.3 is 0 Å². The zero-order chi connectivity index (χ0) is 8.23. The molecule has 2 heteroatoms. The van der Waals surface area contributed by atoms with E-state index < -0.39 is 0 Å². The van der Waals surface area contributed by atoms with E-state index >= 15 is 0 Å². The van der Waals surface area contributed by atoms with E-state index in [1.165, 1.54) is 38.6 Å². The third-order valence-electron chi connectivity index (χ3n) is 3.11. The van der Waals surface area contributed by atoms with E-state index in [1.807, 2.05) is 0 Å². The van der Waals surface area contributed by atoms with Crippen LogP contribution in [0.5, 0.6) is 0 Å². The standard InChI is InChI=1S/C10H19NO/c1-2-10(3-1)11-6-4-9-5-7-12-8-9/h9-11H,1-8H2. The average Bonchev–Trinajstić information content (AvgIpc) is 2.46. The SMILES string of the molecule is C1CC(NCCC2CCOC2)C1. The predicted molar refractivity (Wildman–Crippen MR) is 49.2 cm³/mol. The minimum absolute atomic E-state index is 0.845. The molecular weight excluding hydrogens is 150 g/mol. The lowest BCUT2D eigenvalue weighted by atomic mass is 9.93. The van der Waals surface area contributed by atoms with Crippen LogP contribution in [-0.2, 0) is 4.74 Å². The van der Waals surface area contributed by atoms with Crippen molar-refractivity contribution in [2.24, 2.45) is 5.92 Å². The Balaban J connectivity index is 1.49. The van der Waals surface area contributed by atoms with Crippen LogP contribution in [0.4, 0.5) is 0 Å². The van der Waals surface area contributed by atoms with Crippen LogP contribution in [0.15, 0.2) is 0 Å². The van der Waals surface area contributed by atoms with Gasteiger partial charge in [0.05, 0.1) is 0 Å². The first-order chi connectivity index (χ1) is 5.95. The van der Waals surface area contributed by atoms with Gasteiger partial charge in [0, 0.05) is 19.3 Å². The molecule has 0 aromatic carbocycles. The molecule has 0 spiro atoms. The van der Waals surface area contributed by atoms with Gasteiger partial charge in [-0.3, -0.25) is 0 Å². The van der Waals surface area contributed by atoms with Crippen molar-refractivity contribution in [3.8, 4) is 0 Å². The lowest BCUT2D eigenvalue weighted by Crippen LogP contribution is -2.36. The van der Waals surface area contributed by atoms with Crippen molar-refractivity contribution in [3.63, 3.8) is 0 Å². The van der Waals surface area contributed by atoms with E-state index in [0.717, 1.165) is 25.2 Å². The number of nitrogens with one attached hydrogen (secondary N) is 1. The van der Waals surface area contributed by atoms with Crippen molar-refractivity contribution in [1.82, 2.24) is 5.32 Å². The van der Waals surface area contributed by atoms with Crippen molar-refractivity contribution in [1.29, 1.82) is 0 Å². The first kappa shape index (κ1) is 8.52. The molecule has 0 radical (unpaired) electrons. The van der Waals surface area contributed by atoms with Crippen LogP contribution in [0.25, 0.3) is 0 Å². The lowest BCUT2D eigenvalue weighted by Gasteiger charge is -2.26. The maximum absolute atomic E-state index is 5.33. The van der Waals surface area contributed by atoms with E-state index in [-0.39, 0.29) is 0 Å². The highest BCUT2D eigenvalue weighted by molar-refractivity contribution is 4.76. The number of rotatable bonds is 4. The van der Waals surface area contributed by atoms with Crippen molar-refractivity contribution < 1.29 is 4.74 Å². The normalized spacial score (nSPS) is 30.5. The zero-order valence-corrected chi connectivity index (χ0v) is 7.72. The number of hydrogen-bond donors (Lipinski definition) is 1. The number of hydrogen-bond acceptors (Lipinski definition) is 2. The van der Waals surface area contributed by atoms with Crippen molar-refractivity contribution in [3.05, 3.63) is 0 Å². The third kappa shape index (κ3) is 2.20. The topological polar surface area (TPSA) is 21.3 Å². The third-order valence-corrected chi connectivity index (χ3v) is 3.11. The summed E-state index contributed by atoms with van der Waals surface area (Å²) in [5.41, 5.74) is 0. The quantitative estimate of drug-likeness (QED) is 0.689. The summed E-state index contributed by atoms with van der Waals surface area (Å²) < 4.78 is 5.33. The van der Waals surface area contributed by atoms with E-state index in [1.54, 1.807) is 0 Å². The van der Waals surface area contributed by atoms with E-state index in [0.29, 0.717) is 0 Å². The van der Waals surface area contributed by atoms with Gasteiger partial charge in [0.15, 0.2) is 0 Å². The van der Waals surface area contributed by atoms with E-state index in [2.05, 4.69) is 5.32 Å². The van der Waals surface area contributed by atoms with Gasteiger partial charge in [-0.05, 0) is 38.1 Å². The molecule has 1 atom stereocenters. The first-order valence-electron chi connectivity index (χ1n) is 5.26. The van der Waals surface area contributed by atoms with Gasteiger partial charge in [0.25, 0.3) is 0 Å². The van der Waals surface area contributed by atoms with Crippen LogP contribution in [-0.4, -0.2) is 25.8 Å². The van der Waals surface area contributed by atoms with Gasteiger partial charge in [-0.15, -0.1) is 0 Å². The Bertz CT molecular complexity index is 128. The summed E-state index contributed by atoms with van der Waals surface area (Å²) in [5, 5.41) is 3.59. The summed E-state index contributed by atoms with van der Waals surface area (Å²) in [6, 6.07) is 0.854. The molecule has 2 rings (SSSR count). The van der Waals surface area contributed by atoms with Crippen molar-refractivity contribution in [2.75, 3.05) is 19.8 Å². The highest BCUT2D eigenvalue weighted by atomic mass is 16.5. The van der Waals surface area contributed by atoms with Gasteiger partial charge in [-0.1, -0.05) is 6.42 Å². The number of ether oxygens (including phenoxy) is 1. The summed E-state index contributed by atoms with van der Waals surface area (Å²) in [7, 11) is 0. The molecule has 0 aromatic rings. The van der Waals surface area contributed by atoms with Crippen LogP contribution in [0.1, 0.15) is 32.1 Å². The summed E-state index contributed by atoms with van der Waals surface area (Å²) in [4.78, 5) is 0. The minimum atomic E-state index is 0.845. The molecule has 1 heterocycles. The zero-order valence-electron chi connectivity index (χ0n) is 7.72. The van der Waals surface area contributed by atoms with Gasteiger partial charge in [0.2, 0.25) is 0 Å². The monoisotopic (exact) mass is 169 g/mol. The van der Waals surface area contributed by atoms with Crippen molar-refractivity contribution >= 4 is 0 Å². The molecule has 1 aliphatic carbocycles. The lowest BCUT2D eigenvalue weighted by molar-refractivity contribution is 0.183. The fraction of sp³-hybridized carbons (Fsp3) is 1.00. The molecule has 1 N–H and O–H groups in total. The first-order valence-corrected chi connectivity index (χ1v) is 5.26. The molecule has 0 amide bonds. The summed E-state index contributed by atoms with van der Waals surface area (Å²) >= 11 is 0. The summed E-state index contributed by atoms with van der Waals surface area (Å²) in [6.45, 7) is 3.21. The molecular formula is C10H19NO. The Hall–Kier alpha value is -0.0800. The predicted octanol–water partition coefficient (Wildman–Crippen LogP) is 1.56. The molecule has 2 nitrogen and oxygen atoms in total. The molecule has 12 heavy (non-hydrogen) atoms. The van der Waals surface area contributed by atoms with Crippen LogP contribution in [0.3, 0.4) is 0 Å². The minimum Gasteiger partial charge on any atom is -0.381 e. The largest absolute Gasteiger partial charge is 0.381 e. The Labute approximate surface area is 74.7 Å². The van der Waals surface area contributed by atoms with Gasteiger partial charge in [-0.2, -0.15) is 0 Å². The maximum atomic E-state index is 5.33. The fourth-order valence-electron chi connectivity index (χ4n) is 1.91. The fourth-order valence-corrected chi connectivity index (χ4v) is 1.91. The molecule has 0 aromatic heterocycles. The maximum Gasteiger partial charge on any atom is 0.0495 e. The van der Waals surface area contributed by atoms with E-state index in [9.17, 15) is 0 Å². The van der Waals surface area contributed by atoms with Gasteiger partial charge < -0.3 is 10.1 Å². The smallest absolute Gasteiger partial charge is 0.0495 e. The van der Waals surface area contributed by atoms with Crippen LogP contribution in [0, 0.1) is 5.92 Å². The van der Waals surface area contributed by atoms with Crippen LogP contribution < -0.4 is 5.32 Å². The molecule has 70 valence electrons. The van der Waals surface area contributed by atoms with Crippen LogP contribution in [0.2, 0.25) is 0 Å². The molecule has 1 saturated heterocycles. The molecule has 1 unspecified atom stereocenters. The second kappa shape index (κ2) is 4.24. The highest BCUT2D eigenvalue weighted by Gasteiger charge is 2.18. The van der Waals surface area contributed by atoms with Crippen molar-refractivity contribution in [2.45, 2.75) is 38.1 Å². The second-order valence-corrected chi connectivity index (χ2v) is 4.10. The molecule has 2 aliphatic rings. The highest BCUT2D eigenvalue weighted by Crippen LogP contribution is 2.19. The molecule has 0 bridgehead atoms. The van der Waals surface area contributed by atoms with E-state index in [4.69, 9.17) is 4.74 Å². The van der Waals surface area contributed by atoms with Gasteiger partial charge in [-0.25, -0.2) is 0 Å². The Morgan fingerprint density at radius 1 is 1.25 bits per heavy atom. The molecule has 2 fully saturated rings. The molecule has 1 aliphatic heterocycles.